The summed E-state index contributed by atoms with van der Waals surface area (Å²) in [6.45, 7) is 2.16. The van der Waals surface area contributed by atoms with Crippen LogP contribution in [0.15, 0.2) is 18.3 Å². The minimum Gasteiger partial charge on any atom is -0.382 e. The first-order valence-corrected chi connectivity index (χ1v) is 4.53. The molecule has 0 radical (unpaired) electrons. The van der Waals surface area contributed by atoms with E-state index in [2.05, 4.69) is 11.9 Å². The number of aromatic nitrogens is 1. The van der Waals surface area contributed by atoms with Crippen LogP contribution in [-0.4, -0.2) is 10.8 Å². The molecular weight excluding hydrogens is 162 g/mol. The van der Waals surface area contributed by atoms with Gasteiger partial charge >= 0.3 is 0 Å². The van der Waals surface area contributed by atoms with Crippen molar-refractivity contribution in [3.05, 3.63) is 29.6 Å². The van der Waals surface area contributed by atoms with Gasteiger partial charge in [-0.3, -0.25) is 10.4 Å². The van der Waals surface area contributed by atoms with Crippen molar-refractivity contribution in [2.45, 2.75) is 26.2 Å². The molecule has 0 fully saturated rings. The standard InChI is InChI=1S/C10H15N3/c1-2-3-4-8-5-6-9(10(11)12)13-7-8/h5-7H,2-4H2,1H3,(H3,11,12). The second-order valence-corrected chi connectivity index (χ2v) is 3.07. The Morgan fingerprint density at radius 1 is 1.54 bits per heavy atom. The maximum absolute atomic E-state index is 7.16. The molecule has 13 heavy (non-hydrogen) atoms. The molecule has 0 bridgehead atoms. The van der Waals surface area contributed by atoms with Crippen LogP contribution in [0.3, 0.4) is 0 Å². The van der Waals surface area contributed by atoms with Gasteiger partial charge in [-0.1, -0.05) is 19.4 Å². The number of pyridine rings is 1. The summed E-state index contributed by atoms with van der Waals surface area (Å²) in [4.78, 5) is 4.08. The summed E-state index contributed by atoms with van der Waals surface area (Å²) >= 11 is 0. The van der Waals surface area contributed by atoms with Crippen LogP contribution in [0.4, 0.5) is 0 Å². The summed E-state index contributed by atoms with van der Waals surface area (Å²) in [7, 11) is 0. The minimum absolute atomic E-state index is 0.0297. The second-order valence-electron chi connectivity index (χ2n) is 3.07. The number of nitrogens with two attached hydrogens (primary N) is 1. The van der Waals surface area contributed by atoms with Gasteiger partial charge in [-0.05, 0) is 24.5 Å². The van der Waals surface area contributed by atoms with Crippen LogP contribution >= 0.6 is 0 Å². The van der Waals surface area contributed by atoms with Gasteiger partial charge in [0.1, 0.15) is 11.5 Å². The number of aryl methyl sites for hydroxylation is 1. The number of nitrogens with zero attached hydrogens (tertiary/aromatic N) is 1. The third-order valence-corrected chi connectivity index (χ3v) is 1.92. The van der Waals surface area contributed by atoms with Crippen molar-refractivity contribution in [2.24, 2.45) is 5.73 Å². The van der Waals surface area contributed by atoms with Gasteiger partial charge in [0.25, 0.3) is 0 Å². The molecule has 3 nitrogen and oxygen atoms in total. The maximum Gasteiger partial charge on any atom is 0.141 e. The van der Waals surface area contributed by atoms with Crippen molar-refractivity contribution in [3.8, 4) is 0 Å². The predicted molar refractivity (Wildman–Crippen MR) is 53.9 cm³/mol. The largest absolute Gasteiger partial charge is 0.382 e. The average Bonchev–Trinajstić information content (AvgIpc) is 2.15. The Labute approximate surface area is 78.5 Å². The van der Waals surface area contributed by atoms with Gasteiger partial charge < -0.3 is 5.73 Å². The van der Waals surface area contributed by atoms with Crippen LogP contribution in [-0.2, 0) is 6.42 Å². The Morgan fingerprint density at radius 3 is 2.77 bits per heavy atom. The van der Waals surface area contributed by atoms with Crippen molar-refractivity contribution in [1.29, 1.82) is 5.41 Å². The van der Waals surface area contributed by atoms with Gasteiger partial charge in [-0.15, -0.1) is 0 Å². The monoisotopic (exact) mass is 177 g/mol. The van der Waals surface area contributed by atoms with E-state index in [1.165, 1.54) is 18.4 Å². The summed E-state index contributed by atoms with van der Waals surface area (Å²) in [5.41, 5.74) is 7.06. The second kappa shape index (κ2) is 4.60. The molecule has 1 aromatic rings. The highest BCUT2D eigenvalue weighted by Gasteiger charge is 1.97. The highest BCUT2D eigenvalue weighted by atomic mass is 14.8. The minimum atomic E-state index is 0.0297. The Kier molecular flexibility index (Phi) is 3.43. The Bertz CT molecular complexity index is 277. The quantitative estimate of drug-likeness (QED) is 0.543. The summed E-state index contributed by atoms with van der Waals surface area (Å²) in [5, 5.41) is 7.16. The molecule has 1 aromatic heterocycles. The number of nitrogens with one attached hydrogen (secondary N) is 1. The zero-order valence-corrected chi connectivity index (χ0v) is 7.88. The number of hydrogen-bond donors (Lipinski definition) is 2. The fraction of sp³-hybridized carbons (Fsp3) is 0.400. The molecular formula is C10H15N3. The van der Waals surface area contributed by atoms with Crippen molar-refractivity contribution < 1.29 is 0 Å². The van der Waals surface area contributed by atoms with Gasteiger partial charge in [0.2, 0.25) is 0 Å². The SMILES string of the molecule is CCCCc1ccc(C(=N)N)nc1. The Balaban J connectivity index is 2.64. The van der Waals surface area contributed by atoms with Gasteiger partial charge in [0, 0.05) is 6.20 Å². The molecule has 0 atom stereocenters. The predicted octanol–water partition coefficient (Wildman–Crippen LogP) is 1.71. The van der Waals surface area contributed by atoms with Crippen molar-refractivity contribution in [2.75, 3.05) is 0 Å². The van der Waals surface area contributed by atoms with Crippen LogP contribution in [0.5, 0.6) is 0 Å². The van der Waals surface area contributed by atoms with Crippen LogP contribution < -0.4 is 5.73 Å². The molecule has 3 heteroatoms. The molecule has 0 aliphatic heterocycles. The Morgan fingerprint density at radius 2 is 2.31 bits per heavy atom. The fourth-order valence-corrected chi connectivity index (χ4v) is 1.11. The molecule has 0 amide bonds. The van der Waals surface area contributed by atoms with E-state index >= 15 is 0 Å². The summed E-state index contributed by atoms with van der Waals surface area (Å²) in [6, 6.07) is 3.78. The van der Waals surface area contributed by atoms with E-state index in [-0.39, 0.29) is 5.84 Å². The van der Waals surface area contributed by atoms with E-state index in [9.17, 15) is 0 Å². The lowest BCUT2D eigenvalue weighted by molar-refractivity contribution is 0.792. The van der Waals surface area contributed by atoms with Crippen molar-refractivity contribution >= 4 is 5.84 Å². The maximum atomic E-state index is 7.16. The van der Waals surface area contributed by atoms with Crippen LogP contribution in [0, 0.1) is 5.41 Å². The van der Waals surface area contributed by atoms with Gasteiger partial charge in [-0.2, -0.15) is 0 Å². The normalized spacial score (nSPS) is 9.92. The van der Waals surface area contributed by atoms with Crippen LogP contribution in [0.2, 0.25) is 0 Å². The third-order valence-electron chi connectivity index (χ3n) is 1.92. The summed E-state index contributed by atoms with van der Waals surface area (Å²) in [5.74, 6) is 0.0297. The average molecular weight is 177 g/mol. The van der Waals surface area contributed by atoms with Crippen molar-refractivity contribution in [1.82, 2.24) is 4.98 Å². The number of hydrogen-bond acceptors (Lipinski definition) is 2. The third kappa shape index (κ3) is 2.86. The van der Waals surface area contributed by atoms with Crippen LogP contribution in [0.25, 0.3) is 0 Å². The number of rotatable bonds is 4. The summed E-state index contributed by atoms with van der Waals surface area (Å²) < 4.78 is 0. The smallest absolute Gasteiger partial charge is 0.141 e. The van der Waals surface area contributed by atoms with E-state index in [0.29, 0.717) is 5.69 Å². The molecule has 0 aromatic carbocycles. The number of nitrogen functional groups attached to an aromatic ring is 1. The molecule has 0 saturated carbocycles. The van der Waals surface area contributed by atoms with E-state index in [4.69, 9.17) is 11.1 Å². The number of unbranched alkanes of at least 4 members (excludes halogenated alkanes) is 1. The molecule has 1 heterocycles. The molecule has 0 aliphatic rings. The van der Waals surface area contributed by atoms with E-state index < -0.39 is 0 Å². The molecule has 1 rings (SSSR count). The lowest BCUT2D eigenvalue weighted by Gasteiger charge is -2.00. The molecule has 0 spiro atoms. The number of amidine groups is 1. The van der Waals surface area contributed by atoms with Crippen molar-refractivity contribution in [3.63, 3.8) is 0 Å². The fourth-order valence-electron chi connectivity index (χ4n) is 1.11. The first kappa shape index (κ1) is 9.71. The van der Waals surface area contributed by atoms with E-state index in [1.54, 1.807) is 12.3 Å². The molecule has 0 aliphatic carbocycles. The lowest BCUT2D eigenvalue weighted by atomic mass is 10.1. The Hall–Kier alpha value is -1.38. The van der Waals surface area contributed by atoms with E-state index in [0.717, 1.165) is 6.42 Å². The highest BCUT2D eigenvalue weighted by Crippen LogP contribution is 2.04. The highest BCUT2D eigenvalue weighted by molar-refractivity contribution is 5.92. The summed E-state index contributed by atoms with van der Waals surface area (Å²) in [6.07, 6.45) is 5.23. The van der Waals surface area contributed by atoms with Crippen LogP contribution in [0.1, 0.15) is 31.0 Å². The van der Waals surface area contributed by atoms with Gasteiger partial charge in [0.15, 0.2) is 0 Å². The first-order valence-electron chi connectivity index (χ1n) is 4.53. The topological polar surface area (TPSA) is 62.8 Å². The zero-order valence-electron chi connectivity index (χ0n) is 7.88. The molecule has 0 unspecified atom stereocenters. The zero-order chi connectivity index (χ0) is 9.68. The van der Waals surface area contributed by atoms with E-state index in [1.807, 2.05) is 6.07 Å². The van der Waals surface area contributed by atoms with Gasteiger partial charge in [-0.25, -0.2) is 0 Å². The first-order chi connectivity index (χ1) is 6.24. The molecule has 0 saturated heterocycles. The molecule has 3 N–H and O–H groups in total. The molecule has 70 valence electrons. The van der Waals surface area contributed by atoms with Gasteiger partial charge in [0.05, 0.1) is 0 Å². The lowest BCUT2D eigenvalue weighted by Crippen LogP contribution is -2.12.